The summed E-state index contributed by atoms with van der Waals surface area (Å²) in [5, 5.41) is 6.10. The molecule has 1 atom stereocenters. The lowest BCUT2D eigenvalue weighted by Crippen LogP contribution is -2.49. The van der Waals surface area contributed by atoms with Crippen molar-refractivity contribution in [1.29, 1.82) is 0 Å². The van der Waals surface area contributed by atoms with Gasteiger partial charge in [0, 0.05) is 7.11 Å². The molecule has 2 aromatic rings. The van der Waals surface area contributed by atoms with Crippen molar-refractivity contribution < 1.29 is 4.74 Å². The van der Waals surface area contributed by atoms with Crippen LogP contribution in [0.2, 0.25) is 0 Å². The van der Waals surface area contributed by atoms with Crippen LogP contribution < -0.4 is 5.32 Å². The van der Waals surface area contributed by atoms with Gasteiger partial charge in [-0.15, -0.1) is 0 Å². The van der Waals surface area contributed by atoms with Gasteiger partial charge in [-0.3, -0.25) is 0 Å². The summed E-state index contributed by atoms with van der Waals surface area (Å²) < 4.78 is 5.87. The fourth-order valence-corrected chi connectivity index (χ4v) is 3.34. The Morgan fingerprint density at radius 1 is 1.11 bits per heavy atom. The monoisotopic (exact) mass is 255 g/mol. The van der Waals surface area contributed by atoms with E-state index in [-0.39, 0.29) is 11.6 Å². The van der Waals surface area contributed by atoms with Crippen LogP contribution in [0.25, 0.3) is 10.8 Å². The number of nitrogens with one attached hydrogen (secondary N) is 1. The molecule has 1 aliphatic carbocycles. The number of likely N-dealkylation sites (N-methyl/N-ethyl adjacent to an activating group) is 1. The molecule has 0 radical (unpaired) electrons. The average molecular weight is 255 g/mol. The highest BCUT2D eigenvalue weighted by atomic mass is 16.5. The number of hydrogen-bond donors (Lipinski definition) is 1. The maximum absolute atomic E-state index is 5.87. The normalized spacial score (nSPS) is 19.1. The Hall–Kier alpha value is -1.38. The zero-order valence-electron chi connectivity index (χ0n) is 11.6. The number of fused-ring (bicyclic) bond motifs is 1. The minimum atomic E-state index is -0.0289. The van der Waals surface area contributed by atoms with Crippen LogP contribution in [0, 0.1) is 0 Å². The van der Waals surface area contributed by atoms with E-state index in [0.29, 0.717) is 0 Å². The van der Waals surface area contributed by atoms with Gasteiger partial charge in [0.15, 0.2) is 0 Å². The second-order valence-electron chi connectivity index (χ2n) is 5.41. The van der Waals surface area contributed by atoms with Crippen LogP contribution in [0.15, 0.2) is 42.5 Å². The van der Waals surface area contributed by atoms with Gasteiger partial charge in [-0.25, -0.2) is 0 Å². The molecule has 0 aliphatic heterocycles. The predicted molar refractivity (Wildman–Crippen MR) is 79.3 cm³/mol. The van der Waals surface area contributed by atoms with E-state index in [1.807, 2.05) is 14.2 Å². The molecule has 1 fully saturated rings. The van der Waals surface area contributed by atoms with Crippen LogP contribution in [-0.4, -0.2) is 19.8 Å². The summed E-state index contributed by atoms with van der Waals surface area (Å²) in [6.45, 7) is 0. The lowest BCUT2D eigenvalue weighted by atomic mass is 9.71. The first-order valence-corrected chi connectivity index (χ1v) is 7.01. The molecule has 0 heterocycles. The number of benzene rings is 2. The molecule has 1 aliphatic rings. The Bertz CT molecular complexity index is 563. The zero-order valence-corrected chi connectivity index (χ0v) is 11.6. The first-order chi connectivity index (χ1) is 9.30. The van der Waals surface area contributed by atoms with Crippen molar-refractivity contribution in [3.8, 4) is 0 Å². The molecule has 3 rings (SSSR count). The van der Waals surface area contributed by atoms with Gasteiger partial charge in [0.05, 0.1) is 11.6 Å². The van der Waals surface area contributed by atoms with Crippen LogP contribution >= 0.6 is 0 Å². The smallest absolute Gasteiger partial charge is 0.0872 e. The van der Waals surface area contributed by atoms with Crippen LogP contribution in [-0.2, 0) is 4.74 Å². The van der Waals surface area contributed by atoms with E-state index < -0.39 is 0 Å². The fourth-order valence-electron chi connectivity index (χ4n) is 3.34. The summed E-state index contributed by atoms with van der Waals surface area (Å²) in [5.74, 6) is 0. The summed E-state index contributed by atoms with van der Waals surface area (Å²) in [6.07, 6.45) is 3.53. The molecule has 0 aromatic heterocycles. The van der Waals surface area contributed by atoms with Gasteiger partial charge in [-0.2, -0.15) is 0 Å². The summed E-state index contributed by atoms with van der Waals surface area (Å²) in [6, 6.07) is 15.4. The topological polar surface area (TPSA) is 21.3 Å². The summed E-state index contributed by atoms with van der Waals surface area (Å²) in [5.41, 5.74) is 1.32. The standard InChI is InChI=1S/C17H21NO/c1-18-16(17(19-2)11-6-12-17)15-10-5-8-13-7-3-4-9-14(13)15/h3-5,7-10,16,18H,6,11-12H2,1-2H3. The Balaban J connectivity index is 2.11. The molecule has 0 bridgehead atoms. The molecule has 2 aromatic carbocycles. The second kappa shape index (κ2) is 4.95. The molecule has 0 spiro atoms. The molecule has 1 N–H and O–H groups in total. The molecule has 0 saturated heterocycles. The molecule has 0 amide bonds. The van der Waals surface area contributed by atoms with Gasteiger partial charge in [0.25, 0.3) is 0 Å². The van der Waals surface area contributed by atoms with Crippen LogP contribution in [0.3, 0.4) is 0 Å². The van der Waals surface area contributed by atoms with Gasteiger partial charge in [-0.1, -0.05) is 42.5 Å². The maximum Gasteiger partial charge on any atom is 0.0872 e. The van der Waals surface area contributed by atoms with Gasteiger partial charge < -0.3 is 10.1 Å². The van der Waals surface area contributed by atoms with Crippen molar-refractivity contribution in [2.24, 2.45) is 0 Å². The van der Waals surface area contributed by atoms with Crippen molar-refractivity contribution in [3.63, 3.8) is 0 Å². The lowest BCUT2D eigenvalue weighted by molar-refractivity contribution is -0.0980. The van der Waals surface area contributed by atoms with Gasteiger partial charge >= 0.3 is 0 Å². The Morgan fingerprint density at radius 2 is 1.84 bits per heavy atom. The Morgan fingerprint density at radius 3 is 2.47 bits per heavy atom. The number of methoxy groups -OCH3 is 1. The van der Waals surface area contributed by atoms with Crippen molar-refractivity contribution >= 4 is 10.8 Å². The molecule has 1 saturated carbocycles. The minimum absolute atomic E-state index is 0.0289. The van der Waals surface area contributed by atoms with Crippen molar-refractivity contribution in [2.45, 2.75) is 30.9 Å². The lowest BCUT2D eigenvalue weighted by Gasteiger charge is -2.46. The number of hydrogen-bond acceptors (Lipinski definition) is 2. The summed E-state index contributed by atoms with van der Waals surface area (Å²) in [7, 11) is 3.88. The predicted octanol–water partition coefficient (Wildman–Crippen LogP) is 3.67. The summed E-state index contributed by atoms with van der Waals surface area (Å²) >= 11 is 0. The molecule has 1 unspecified atom stereocenters. The molecular formula is C17H21NO. The molecular weight excluding hydrogens is 234 g/mol. The third kappa shape index (κ3) is 1.96. The molecule has 100 valence electrons. The molecule has 2 nitrogen and oxygen atoms in total. The Labute approximate surface area is 114 Å². The van der Waals surface area contributed by atoms with Crippen LogP contribution in [0.5, 0.6) is 0 Å². The molecule has 2 heteroatoms. The van der Waals surface area contributed by atoms with Gasteiger partial charge in [0.1, 0.15) is 0 Å². The summed E-state index contributed by atoms with van der Waals surface area (Å²) in [4.78, 5) is 0. The highest BCUT2D eigenvalue weighted by Crippen LogP contribution is 2.45. The van der Waals surface area contributed by atoms with Crippen molar-refractivity contribution in [2.75, 3.05) is 14.2 Å². The van der Waals surface area contributed by atoms with E-state index in [0.717, 1.165) is 12.8 Å². The van der Waals surface area contributed by atoms with E-state index >= 15 is 0 Å². The fraction of sp³-hybridized carbons (Fsp3) is 0.412. The third-order valence-electron chi connectivity index (χ3n) is 4.56. The number of ether oxygens (including phenoxy) is 1. The van der Waals surface area contributed by atoms with Crippen LogP contribution in [0.1, 0.15) is 30.9 Å². The van der Waals surface area contributed by atoms with E-state index in [2.05, 4.69) is 47.8 Å². The average Bonchev–Trinajstić information content (AvgIpc) is 2.42. The third-order valence-corrected chi connectivity index (χ3v) is 4.56. The zero-order chi connectivity index (χ0) is 13.3. The largest absolute Gasteiger partial charge is 0.376 e. The van der Waals surface area contributed by atoms with Crippen molar-refractivity contribution in [3.05, 3.63) is 48.0 Å². The molecule has 19 heavy (non-hydrogen) atoms. The van der Waals surface area contributed by atoms with Crippen LogP contribution in [0.4, 0.5) is 0 Å². The Kier molecular flexibility index (Phi) is 3.29. The maximum atomic E-state index is 5.87. The highest BCUT2D eigenvalue weighted by molar-refractivity contribution is 5.86. The second-order valence-corrected chi connectivity index (χ2v) is 5.41. The minimum Gasteiger partial charge on any atom is -0.376 e. The van der Waals surface area contributed by atoms with E-state index in [1.165, 1.54) is 22.8 Å². The SMILES string of the molecule is CNC(c1cccc2ccccc12)C1(OC)CCC1. The number of rotatable bonds is 4. The van der Waals surface area contributed by atoms with E-state index in [9.17, 15) is 0 Å². The van der Waals surface area contributed by atoms with Gasteiger partial charge in [0.2, 0.25) is 0 Å². The highest BCUT2D eigenvalue weighted by Gasteiger charge is 2.44. The van der Waals surface area contributed by atoms with Crippen molar-refractivity contribution in [1.82, 2.24) is 5.32 Å². The first kappa shape index (κ1) is 12.6. The van der Waals surface area contributed by atoms with E-state index in [4.69, 9.17) is 4.74 Å². The van der Waals surface area contributed by atoms with E-state index in [1.54, 1.807) is 0 Å². The van der Waals surface area contributed by atoms with Gasteiger partial charge in [-0.05, 0) is 42.6 Å². The quantitative estimate of drug-likeness (QED) is 0.900. The first-order valence-electron chi connectivity index (χ1n) is 7.01.